The minimum absolute atomic E-state index is 0.266. The highest BCUT2D eigenvalue weighted by Crippen LogP contribution is 2.12. The van der Waals surface area contributed by atoms with E-state index in [0.717, 1.165) is 59.0 Å². The van der Waals surface area contributed by atoms with E-state index in [0.29, 0.717) is 6.54 Å². The Morgan fingerprint density at radius 2 is 1.70 bits per heavy atom. The molecule has 0 radical (unpaired) electrons. The molecule has 0 N–H and O–H groups in total. The summed E-state index contributed by atoms with van der Waals surface area (Å²) >= 11 is 0. The molecule has 0 saturated carbocycles. The van der Waals surface area contributed by atoms with Gasteiger partial charge in [0.05, 0.1) is 19.8 Å². The van der Waals surface area contributed by atoms with Crippen molar-refractivity contribution in [3.05, 3.63) is 35.4 Å². The molecule has 0 unspecified atom stereocenters. The van der Waals surface area contributed by atoms with Gasteiger partial charge in [-0.05, 0) is 18.1 Å². The Hall–Kier alpha value is -1.43. The van der Waals surface area contributed by atoms with E-state index in [2.05, 4.69) is 41.0 Å². The van der Waals surface area contributed by atoms with Crippen molar-refractivity contribution in [3.8, 4) is 0 Å². The van der Waals surface area contributed by atoms with Crippen LogP contribution in [0, 0.1) is 6.92 Å². The van der Waals surface area contributed by atoms with Crippen LogP contribution >= 0.6 is 0 Å². The van der Waals surface area contributed by atoms with Gasteiger partial charge in [-0.3, -0.25) is 14.6 Å². The van der Waals surface area contributed by atoms with Gasteiger partial charge in [-0.1, -0.05) is 24.3 Å². The minimum Gasteiger partial charge on any atom is -0.379 e. The van der Waals surface area contributed by atoms with Crippen molar-refractivity contribution >= 4 is 5.91 Å². The van der Waals surface area contributed by atoms with Crippen LogP contribution in [0.3, 0.4) is 0 Å². The van der Waals surface area contributed by atoms with Crippen molar-refractivity contribution in [2.45, 2.75) is 13.5 Å². The quantitative estimate of drug-likeness (QED) is 0.829. The summed E-state index contributed by atoms with van der Waals surface area (Å²) in [5.74, 6) is 0.266. The van der Waals surface area contributed by atoms with Crippen LogP contribution < -0.4 is 0 Å². The third-order valence-electron chi connectivity index (χ3n) is 4.84. The number of piperazine rings is 1. The zero-order valence-electron chi connectivity index (χ0n) is 14.0. The number of morpholine rings is 1. The average molecular weight is 317 g/mol. The second-order valence-electron chi connectivity index (χ2n) is 6.47. The van der Waals surface area contributed by atoms with Gasteiger partial charge in [0, 0.05) is 45.8 Å². The summed E-state index contributed by atoms with van der Waals surface area (Å²) in [4.78, 5) is 19.1. The lowest BCUT2D eigenvalue weighted by Crippen LogP contribution is -2.52. The number of hydrogen-bond acceptors (Lipinski definition) is 4. The normalized spacial score (nSPS) is 20.7. The largest absolute Gasteiger partial charge is 0.379 e. The zero-order valence-corrected chi connectivity index (χ0v) is 14.0. The van der Waals surface area contributed by atoms with E-state index in [1.807, 2.05) is 4.90 Å². The van der Waals surface area contributed by atoms with Gasteiger partial charge < -0.3 is 9.64 Å². The fraction of sp³-hybridized carbons (Fsp3) is 0.611. The van der Waals surface area contributed by atoms with Crippen molar-refractivity contribution < 1.29 is 9.53 Å². The molecule has 2 saturated heterocycles. The first-order chi connectivity index (χ1) is 11.2. The molecule has 2 heterocycles. The molecule has 2 fully saturated rings. The van der Waals surface area contributed by atoms with E-state index in [9.17, 15) is 4.79 Å². The van der Waals surface area contributed by atoms with Crippen molar-refractivity contribution in [2.24, 2.45) is 0 Å². The van der Waals surface area contributed by atoms with E-state index in [1.54, 1.807) is 0 Å². The number of hydrogen-bond donors (Lipinski definition) is 0. The smallest absolute Gasteiger partial charge is 0.236 e. The van der Waals surface area contributed by atoms with Crippen LogP contribution in [0.15, 0.2) is 24.3 Å². The summed E-state index contributed by atoms with van der Waals surface area (Å²) in [6.45, 7) is 10.5. The van der Waals surface area contributed by atoms with E-state index < -0.39 is 0 Å². The Labute approximate surface area is 138 Å². The summed E-state index contributed by atoms with van der Waals surface area (Å²) in [6, 6.07) is 8.55. The van der Waals surface area contributed by atoms with Gasteiger partial charge in [-0.25, -0.2) is 0 Å². The maximum atomic E-state index is 12.4. The SMILES string of the molecule is Cc1ccccc1CN1CCN(C(=O)CN2CCOCC2)CC1. The maximum Gasteiger partial charge on any atom is 0.236 e. The Balaban J connectivity index is 1.44. The lowest BCUT2D eigenvalue weighted by atomic mass is 10.1. The molecule has 126 valence electrons. The van der Waals surface area contributed by atoms with Crippen LogP contribution in [0.2, 0.25) is 0 Å². The predicted octanol–water partition coefficient (Wildman–Crippen LogP) is 0.971. The third kappa shape index (κ3) is 4.53. The van der Waals surface area contributed by atoms with Crippen molar-refractivity contribution in [1.29, 1.82) is 0 Å². The van der Waals surface area contributed by atoms with E-state index in [-0.39, 0.29) is 5.91 Å². The molecule has 2 aliphatic rings. The van der Waals surface area contributed by atoms with Gasteiger partial charge in [0.25, 0.3) is 0 Å². The van der Waals surface area contributed by atoms with E-state index >= 15 is 0 Å². The first kappa shape index (κ1) is 16.4. The number of ether oxygens (including phenoxy) is 1. The Kier molecular flexibility index (Phi) is 5.65. The zero-order chi connectivity index (χ0) is 16.1. The Morgan fingerprint density at radius 1 is 1.00 bits per heavy atom. The Morgan fingerprint density at radius 3 is 2.39 bits per heavy atom. The molecule has 0 spiro atoms. The van der Waals surface area contributed by atoms with Gasteiger partial charge in [0.2, 0.25) is 5.91 Å². The molecule has 0 aliphatic carbocycles. The number of carbonyl (C=O) groups excluding carboxylic acids is 1. The number of benzene rings is 1. The lowest BCUT2D eigenvalue weighted by Gasteiger charge is -2.36. The topological polar surface area (TPSA) is 36.0 Å². The van der Waals surface area contributed by atoms with Crippen LogP contribution in [0.4, 0.5) is 0 Å². The molecule has 1 aromatic carbocycles. The fourth-order valence-electron chi connectivity index (χ4n) is 3.23. The summed E-state index contributed by atoms with van der Waals surface area (Å²) in [5, 5.41) is 0. The first-order valence-corrected chi connectivity index (χ1v) is 8.57. The highest BCUT2D eigenvalue weighted by molar-refractivity contribution is 5.78. The number of nitrogens with zero attached hydrogens (tertiary/aromatic N) is 3. The molecule has 1 aromatic rings. The van der Waals surface area contributed by atoms with Gasteiger partial charge in [0.1, 0.15) is 0 Å². The van der Waals surface area contributed by atoms with Gasteiger partial charge >= 0.3 is 0 Å². The monoisotopic (exact) mass is 317 g/mol. The summed E-state index contributed by atoms with van der Waals surface area (Å²) in [5.41, 5.74) is 2.74. The third-order valence-corrected chi connectivity index (χ3v) is 4.84. The molecule has 2 aliphatic heterocycles. The molecule has 3 rings (SSSR count). The molecule has 1 amide bonds. The van der Waals surface area contributed by atoms with Crippen LogP contribution in [0.25, 0.3) is 0 Å². The summed E-state index contributed by atoms with van der Waals surface area (Å²) in [7, 11) is 0. The maximum absolute atomic E-state index is 12.4. The number of carbonyl (C=O) groups is 1. The van der Waals surface area contributed by atoms with E-state index in [1.165, 1.54) is 11.1 Å². The highest BCUT2D eigenvalue weighted by Gasteiger charge is 2.23. The summed E-state index contributed by atoms with van der Waals surface area (Å²) < 4.78 is 5.33. The van der Waals surface area contributed by atoms with Crippen molar-refractivity contribution in [3.63, 3.8) is 0 Å². The Bertz CT molecular complexity index is 521. The van der Waals surface area contributed by atoms with E-state index in [4.69, 9.17) is 4.74 Å². The highest BCUT2D eigenvalue weighted by atomic mass is 16.5. The average Bonchev–Trinajstić information content (AvgIpc) is 2.58. The van der Waals surface area contributed by atoms with Crippen molar-refractivity contribution in [2.75, 3.05) is 59.0 Å². The number of rotatable bonds is 4. The summed E-state index contributed by atoms with van der Waals surface area (Å²) in [6.07, 6.45) is 0. The first-order valence-electron chi connectivity index (χ1n) is 8.57. The van der Waals surface area contributed by atoms with Gasteiger partial charge in [-0.15, -0.1) is 0 Å². The molecular formula is C18H27N3O2. The van der Waals surface area contributed by atoms with Crippen LogP contribution in [0.5, 0.6) is 0 Å². The molecule has 5 heteroatoms. The van der Waals surface area contributed by atoms with Crippen molar-refractivity contribution in [1.82, 2.24) is 14.7 Å². The molecule has 0 bridgehead atoms. The van der Waals surface area contributed by atoms with Crippen LogP contribution in [0.1, 0.15) is 11.1 Å². The fourth-order valence-corrected chi connectivity index (χ4v) is 3.23. The molecule has 5 nitrogen and oxygen atoms in total. The number of aryl methyl sites for hydroxylation is 1. The molecule has 23 heavy (non-hydrogen) atoms. The standard InChI is InChI=1S/C18H27N3O2/c1-16-4-2-3-5-17(16)14-19-6-8-21(9-7-19)18(22)15-20-10-12-23-13-11-20/h2-5H,6-15H2,1H3. The van der Waals surface area contributed by atoms with Crippen LogP contribution in [-0.4, -0.2) is 79.6 Å². The molecule has 0 atom stereocenters. The van der Waals surface area contributed by atoms with Crippen LogP contribution in [-0.2, 0) is 16.1 Å². The molecular weight excluding hydrogens is 290 g/mol. The second-order valence-corrected chi connectivity index (χ2v) is 6.47. The molecule has 0 aromatic heterocycles. The number of amides is 1. The predicted molar refractivity (Wildman–Crippen MR) is 90.3 cm³/mol. The minimum atomic E-state index is 0.266. The van der Waals surface area contributed by atoms with Gasteiger partial charge in [-0.2, -0.15) is 0 Å². The van der Waals surface area contributed by atoms with Gasteiger partial charge in [0.15, 0.2) is 0 Å². The second kappa shape index (κ2) is 7.90. The lowest BCUT2D eigenvalue weighted by molar-refractivity contribution is -0.135.